The second kappa shape index (κ2) is 4.74. The van der Waals surface area contributed by atoms with E-state index in [-0.39, 0.29) is 11.6 Å². The van der Waals surface area contributed by atoms with Crippen molar-refractivity contribution in [1.82, 2.24) is 5.32 Å². The summed E-state index contributed by atoms with van der Waals surface area (Å²) in [5, 5.41) is 13.8. The Kier molecular flexibility index (Phi) is 3.53. The van der Waals surface area contributed by atoms with Crippen LogP contribution in [0.15, 0.2) is 24.3 Å². The lowest BCUT2D eigenvalue weighted by molar-refractivity contribution is 0.161. The summed E-state index contributed by atoms with van der Waals surface area (Å²) in [7, 11) is 0. The van der Waals surface area contributed by atoms with Crippen molar-refractivity contribution in [2.75, 3.05) is 6.54 Å². The molecule has 0 heterocycles. The summed E-state index contributed by atoms with van der Waals surface area (Å²) in [6.07, 6.45) is 2.84. The van der Waals surface area contributed by atoms with Crippen molar-refractivity contribution in [1.29, 1.82) is 0 Å². The highest BCUT2D eigenvalue weighted by Crippen LogP contribution is 2.45. The molecule has 1 fully saturated rings. The van der Waals surface area contributed by atoms with Crippen molar-refractivity contribution < 1.29 is 5.11 Å². The molecule has 1 atom stereocenters. The quantitative estimate of drug-likeness (QED) is 0.828. The van der Waals surface area contributed by atoms with Crippen LogP contribution >= 0.6 is 11.6 Å². The number of hydrogen-bond acceptors (Lipinski definition) is 2. The summed E-state index contributed by atoms with van der Waals surface area (Å²) in [4.78, 5) is 0. The van der Waals surface area contributed by atoms with E-state index in [2.05, 4.69) is 17.4 Å². The Morgan fingerprint density at radius 1 is 1.38 bits per heavy atom. The van der Waals surface area contributed by atoms with Gasteiger partial charge in [0.2, 0.25) is 0 Å². The number of nitrogens with one attached hydrogen (secondary N) is 1. The first-order valence-electron chi connectivity index (χ1n) is 5.85. The maximum Gasteiger partial charge on any atom is 0.0662 e. The molecule has 0 saturated heterocycles. The third-order valence-corrected chi connectivity index (χ3v) is 3.55. The molecule has 16 heavy (non-hydrogen) atoms. The summed E-state index contributed by atoms with van der Waals surface area (Å²) in [5.74, 6) is 0. The van der Waals surface area contributed by atoms with Gasteiger partial charge in [-0.1, -0.05) is 30.7 Å². The minimum atomic E-state index is -0.246. The highest BCUT2D eigenvalue weighted by Gasteiger charge is 2.43. The van der Waals surface area contributed by atoms with Crippen molar-refractivity contribution in [2.24, 2.45) is 0 Å². The fourth-order valence-corrected chi connectivity index (χ4v) is 2.04. The van der Waals surface area contributed by atoms with E-state index < -0.39 is 0 Å². The molecule has 0 amide bonds. The van der Waals surface area contributed by atoms with Gasteiger partial charge in [0.1, 0.15) is 0 Å². The molecule has 88 valence electrons. The van der Waals surface area contributed by atoms with Crippen molar-refractivity contribution >= 4 is 11.6 Å². The third-order valence-electron chi connectivity index (χ3n) is 3.29. The number of aliphatic hydroxyl groups is 1. The Balaban J connectivity index is 2.00. The Morgan fingerprint density at radius 2 is 2.00 bits per heavy atom. The van der Waals surface area contributed by atoms with Crippen LogP contribution in [-0.2, 0) is 5.54 Å². The summed E-state index contributed by atoms with van der Waals surface area (Å²) < 4.78 is 0. The molecule has 3 heteroatoms. The molecule has 2 nitrogen and oxygen atoms in total. The Morgan fingerprint density at radius 3 is 2.50 bits per heavy atom. The van der Waals surface area contributed by atoms with E-state index in [1.807, 2.05) is 19.1 Å². The fraction of sp³-hybridized carbons (Fsp3) is 0.538. The Labute approximate surface area is 102 Å². The van der Waals surface area contributed by atoms with Crippen molar-refractivity contribution in [3.8, 4) is 0 Å². The summed E-state index contributed by atoms with van der Waals surface area (Å²) >= 11 is 5.87. The third kappa shape index (κ3) is 2.57. The maximum atomic E-state index is 9.56. The fourth-order valence-electron chi connectivity index (χ4n) is 1.92. The lowest BCUT2D eigenvalue weighted by Crippen LogP contribution is -2.35. The standard InChI is InChI=1S/C13H18ClNO/c1-2-12(16)9-15-13(7-8-13)10-3-5-11(14)6-4-10/h3-6,12,15-16H,2,7-9H2,1H3. The van der Waals surface area contributed by atoms with Gasteiger partial charge in [-0.05, 0) is 37.0 Å². The normalized spacial score (nSPS) is 19.4. The number of halogens is 1. The Bertz CT molecular complexity index is 345. The first-order valence-corrected chi connectivity index (χ1v) is 6.23. The topological polar surface area (TPSA) is 32.3 Å². The number of aliphatic hydroxyl groups excluding tert-OH is 1. The molecule has 1 aliphatic carbocycles. The van der Waals surface area contributed by atoms with Gasteiger partial charge >= 0.3 is 0 Å². The van der Waals surface area contributed by atoms with Crippen molar-refractivity contribution in [3.63, 3.8) is 0 Å². The number of rotatable bonds is 5. The summed E-state index contributed by atoms with van der Waals surface area (Å²) in [5.41, 5.74) is 1.38. The van der Waals surface area contributed by atoms with Gasteiger partial charge in [0, 0.05) is 17.1 Å². The van der Waals surface area contributed by atoms with Crippen LogP contribution in [0.3, 0.4) is 0 Å². The van der Waals surface area contributed by atoms with Gasteiger partial charge in [-0.2, -0.15) is 0 Å². The summed E-state index contributed by atoms with van der Waals surface area (Å²) in [6.45, 7) is 2.66. The van der Waals surface area contributed by atoms with E-state index in [9.17, 15) is 5.11 Å². The molecular formula is C13H18ClNO. The van der Waals surface area contributed by atoms with E-state index in [1.54, 1.807) is 0 Å². The van der Waals surface area contributed by atoms with Crippen LogP contribution in [-0.4, -0.2) is 17.8 Å². The van der Waals surface area contributed by atoms with Crippen LogP contribution in [0.1, 0.15) is 31.7 Å². The van der Waals surface area contributed by atoms with Gasteiger partial charge in [-0.25, -0.2) is 0 Å². The minimum Gasteiger partial charge on any atom is -0.392 e. The molecule has 0 aromatic heterocycles. The van der Waals surface area contributed by atoms with Crippen LogP contribution in [0.4, 0.5) is 0 Å². The highest BCUT2D eigenvalue weighted by atomic mass is 35.5. The molecule has 0 aliphatic heterocycles. The number of hydrogen-bond donors (Lipinski definition) is 2. The maximum absolute atomic E-state index is 9.56. The van der Waals surface area contributed by atoms with E-state index in [0.29, 0.717) is 6.54 Å². The lowest BCUT2D eigenvalue weighted by Gasteiger charge is -2.20. The van der Waals surface area contributed by atoms with E-state index in [1.165, 1.54) is 5.56 Å². The van der Waals surface area contributed by atoms with E-state index >= 15 is 0 Å². The zero-order chi connectivity index (χ0) is 11.6. The van der Waals surface area contributed by atoms with Crippen molar-refractivity contribution in [2.45, 2.75) is 37.8 Å². The summed E-state index contributed by atoms with van der Waals surface area (Å²) in [6, 6.07) is 7.99. The first kappa shape index (κ1) is 11.9. The SMILES string of the molecule is CCC(O)CNC1(c2ccc(Cl)cc2)CC1. The average molecular weight is 240 g/mol. The second-order valence-electron chi connectivity index (χ2n) is 4.53. The van der Waals surface area contributed by atoms with E-state index in [4.69, 9.17) is 11.6 Å². The predicted molar refractivity (Wildman–Crippen MR) is 66.7 cm³/mol. The average Bonchev–Trinajstić information content (AvgIpc) is 3.08. The molecule has 0 bridgehead atoms. The van der Waals surface area contributed by atoms with Gasteiger partial charge in [-0.15, -0.1) is 0 Å². The van der Waals surface area contributed by atoms with Gasteiger partial charge in [0.25, 0.3) is 0 Å². The monoisotopic (exact) mass is 239 g/mol. The smallest absolute Gasteiger partial charge is 0.0662 e. The van der Waals surface area contributed by atoms with E-state index in [0.717, 1.165) is 24.3 Å². The molecule has 1 unspecified atom stereocenters. The predicted octanol–water partition coefficient (Wildman–Crippen LogP) is 2.69. The van der Waals surface area contributed by atoms with Crippen LogP contribution in [0.2, 0.25) is 5.02 Å². The van der Waals surface area contributed by atoms with Crippen LogP contribution in [0, 0.1) is 0 Å². The Hall–Kier alpha value is -0.570. The van der Waals surface area contributed by atoms with Crippen LogP contribution in [0.25, 0.3) is 0 Å². The van der Waals surface area contributed by atoms with Gasteiger partial charge in [0.15, 0.2) is 0 Å². The molecule has 2 rings (SSSR count). The largest absolute Gasteiger partial charge is 0.392 e. The molecule has 1 aromatic carbocycles. The molecule has 1 aliphatic rings. The lowest BCUT2D eigenvalue weighted by atomic mass is 10.0. The zero-order valence-electron chi connectivity index (χ0n) is 9.54. The van der Waals surface area contributed by atoms with Gasteiger partial charge in [-0.3, -0.25) is 0 Å². The van der Waals surface area contributed by atoms with Gasteiger partial charge < -0.3 is 10.4 Å². The molecule has 2 N–H and O–H groups in total. The van der Waals surface area contributed by atoms with Gasteiger partial charge in [0.05, 0.1) is 6.10 Å². The minimum absolute atomic E-state index is 0.0980. The first-order chi connectivity index (χ1) is 7.66. The van der Waals surface area contributed by atoms with Crippen molar-refractivity contribution in [3.05, 3.63) is 34.9 Å². The van der Waals surface area contributed by atoms with Crippen LogP contribution < -0.4 is 5.32 Å². The highest BCUT2D eigenvalue weighted by molar-refractivity contribution is 6.30. The molecule has 0 radical (unpaired) electrons. The molecule has 1 saturated carbocycles. The number of benzene rings is 1. The molecule has 0 spiro atoms. The second-order valence-corrected chi connectivity index (χ2v) is 4.97. The molecule has 1 aromatic rings. The van der Waals surface area contributed by atoms with Crippen LogP contribution in [0.5, 0.6) is 0 Å². The zero-order valence-corrected chi connectivity index (χ0v) is 10.3. The molecular weight excluding hydrogens is 222 g/mol.